The Morgan fingerprint density at radius 3 is 2.90 bits per heavy atom. The van der Waals surface area contributed by atoms with Crippen molar-refractivity contribution < 1.29 is 0 Å². The second kappa shape index (κ2) is 5.66. The van der Waals surface area contributed by atoms with Crippen molar-refractivity contribution in [2.45, 2.75) is 19.9 Å². The van der Waals surface area contributed by atoms with Gasteiger partial charge in [-0.05, 0) is 12.5 Å². The highest BCUT2D eigenvalue weighted by Crippen LogP contribution is 2.30. The van der Waals surface area contributed by atoms with Gasteiger partial charge < -0.3 is 9.88 Å². The fourth-order valence-electron chi connectivity index (χ4n) is 2.07. The van der Waals surface area contributed by atoms with Gasteiger partial charge in [-0.25, -0.2) is 15.8 Å². The number of nitrogens with one attached hydrogen (secondary N) is 2. The molecule has 110 valence electrons. The minimum absolute atomic E-state index is 0.411. The zero-order chi connectivity index (χ0) is 14.8. The highest BCUT2D eigenvalue weighted by molar-refractivity contribution is 7.18. The van der Waals surface area contributed by atoms with E-state index in [1.54, 1.807) is 17.5 Å². The molecule has 0 atom stereocenters. The van der Waals surface area contributed by atoms with Gasteiger partial charge in [0.1, 0.15) is 16.5 Å². The molecule has 0 fully saturated rings. The van der Waals surface area contributed by atoms with Crippen LogP contribution in [0.3, 0.4) is 0 Å². The Kier molecular flexibility index (Phi) is 3.72. The molecule has 7 nitrogen and oxygen atoms in total. The Morgan fingerprint density at radius 2 is 2.24 bits per heavy atom. The number of nitrogens with zero attached hydrogens (tertiary/aromatic N) is 4. The van der Waals surface area contributed by atoms with Gasteiger partial charge in [-0.15, -0.1) is 11.3 Å². The molecule has 0 aliphatic carbocycles. The van der Waals surface area contributed by atoms with Crippen molar-refractivity contribution in [2.24, 2.45) is 12.9 Å². The lowest BCUT2D eigenvalue weighted by molar-refractivity contribution is 0.811. The monoisotopic (exact) mass is 303 g/mol. The molecule has 0 aliphatic heterocycles. The first-order valence-corrected chi connectivity index (χ1v) is 7.50. The summed E-state index contributed by atoms with van der Waals surface area (Å²) in [5.74, 6) is 7.57. The second-order valence-electron chi connectivity index (χ2n) is 4.63. The van der Waals surface area contributed by atoms with Crippen LogP contribution in [0.1, 0.15) is 17.6 Å². The smallest absolute Gasteiger partial charge is 0.240 e. The minimum Gasteiger partial charge on any atom is -0.362 e. The summed E-state index contributed by atoms with van der Waals surface area (Å²) in [4.78, 5) is 15.3. The zero-order valence-electron chi connectivity index (χ0n) is 11.9. The number of nitrogens with two attached hydrogens (primary N) is 1. The van der Waals surface area contributed by atoms with Crippen LogP contribution < -0.4 is 16.6 Å². The van der Waals surface area contributed by atoms with Crippen LogP contribution in [0.5, 0.6) is 0 Å². The summed E-state index contributed by atoms with van der Waals surface area (Å²) in [7, 11) is 1.96. The van der Waals surface area contributed by atoms with Crippen molar-refractivity contribution in [1.82, 2.24) is 19.5 Å². The zero-order valence-corrected chi connectivity index (χ0v) is 12.7. The average molecular weight is 303 g/mol. The van der Waals surface area contributed by atoms with E-state index in [-0.39, 0.29) is 0 Å². The Bertz CT molecular complexity index is 761. The lowest BCUT2D eigenvalue weighted by Gasteiger charge is -2.08. The Morgan fingerprint density at radius 1 is 1.38 bits per heavy atom. The first kappa shape index (κ1) is 13.8. The summed E-state index contributed by atoms with van der Waals surface area (Å²) in [6, 6.07) is 2.13. The van der Waals surface area contributed by atoms with E-state index in [1.807, 2.05) is 17.8 Å². The number of anilines is 2. The molecule has 0 radical (unpaired) electrons. The Labute approximate surface area is 126 Å². The molecule has 21 heavy (non-hydrogen) atoms. The van der Waals surface area contributed by atoms with E-state index in [2.05, 4.69) is 38.7 Å². The number of hydrogen-bond donors (Lipinski definition) is 3. The molecule has 0 aliphatic rings. The molecule has 3 aromatic heterocycles. The summed E-state index contributed by atoms with van der Waals surface area (Å²) >= 11 is 1.66. The standard InChI is InChI=1S/C13H17N7S/c1-3-8-6-9-11(16-7-10-15-4-5-20(10)2)17-13(19-14)18-12(9)21-8/h4-6H,3,7,14H2,1-2H3,(H2,16,17,18,19). The van der Waals surface area contributed by atoms with Crippen molar-refractivity contribution in [3.63, 3.8) is 0 Å². The number of hydrogen-bond acceptors (Lipinski definition) is 7. The number of rotatable bonds is 5. The van der Waals surface area contributed by atoms with E-state index in [4.69, 9.17) is 5.84 Å². The molecule has 0 unspecified atom stereocenters. The van der Waals surface area contributed by atoms with Gasteiger partial charge in [0.05, 0.1) is 11.9 Å². The fourth-order valence-corrected chi connectivity index (χ4v) is 3.04. The van der Waals surface area contributed by atoms with Gasteiger partial charge in [0.2, 0.25) is 5.95 Å². The van der Waals surface area contributed by atoms with Crippen LogP contribution in [0.4, 0.5) is 11.8 Å². The molecule has 3 rings (SSSR count). The van der Waals surface area contributed by atoms with Crippen LogP contribution in [0, 0.1) is 0 Å². The molecule has 0 spiro atoms. The van der Waals surface area contributed by atoms with Crippen LogP contribution in [-0.2, 0) is 20.0 Å². The predicted molar refractivity (Wildman–Crippen MR) is 85.1 cm³/mol. The fraction of sp³-hybridized carbons (Fsp3) is 0.308. The lowest BCUT2D eigenvalue weighted by atomic mass is 10.3. The van der Waals surface area contributed by atoms with Gasteiger partial charge in [-0.2, -0.15) is 4.98 Å². The first-order chi connectivity index (χ1) is 10.2. The van der Waals surface area contributed by atoms with Gasteiger partial charge in [0, 0.05) is 24.3 Å². The first-order valence-electron chi connectivity index (χ1n) is 6.68. The molecule has 0 amide bonds. The molecular weight excluding hydrogens is 286 g/mol. The van der Waals surface area contributed by atoms with Gasteiger partial charge in [-0.1, -0.05) is 6.92 Å². The van der Waals surface area contributed by atoms with E-state index >= 15 is 0 Å². The normalized spacial score (nSPS) is 11.0. The summed E-state index contributed by atoms with van der Waals surface area (Å²) in [6.07, 6.45) is 4.67. The molecule has 0 saturated carbocycles. The Balaban J connectivity index is 1.95. The van der Waals surface area contributed by atoms with Crippen molar-refractivity contribution in [1.29, 1.82) is 0 Å². The quantitative estimate of drug-likeness (QED) is 0.492. The van der Waals surface area contributed by atoms with E-state index in [0.717, 1.165) is 28.3 Å². The minimum atomic E-state index is 0.411. The summed E-state index contributed by atoms with van der Waals surface area (Å²) in [5, 5.41) is 4.34. The van der Waals surface area contributed by atoms with Crippen LogP contribution in [-0.4, -0.2) is 19.5 Å². The topological polar surface area (TPSA) is 93.7 Å². The van der Waals surface area contributed by atoms with E-state index in [1.165, 1.54) is 4.88 Å². The number of aromatic nitrogens is 4. The second-order valence-corrected chi connectivity index (χ2v) is 5.75. The van der Waals surface area contributed by atoms with E-state index in [0.29, 0.717) is 12.5 Å². The number of nitrogen functional groups attached to an aromatic ring is 1. The molecule has 0 saturated heterocycles. The summed E-state index contributed by atoms with van der Waals surface area (Å²) in [6.45, 7) is 2.72. The summed E-state index contributed by atoms with van der Waals surface area (Å²) < 4.78 is 1.97. The van der Waals surface area contributed by atoms with Crippen molar-refractivity contribution >= 4 is 33.3 Å². The van der Waals surface area contributed by atoms with Gasteiger partial charge in [0.15, 0.2) is 0 Å². The third-order valence-corrected chi connectivity index (χ3v) is 4.43. The van der Waals surface area contributed by atoms with Gasteiger partial charge in [-0.3, -0.25) is 5.43 Å². The Hall–Kier alpha value is -2.19. The molecule has 3 aromatic rings. The van der Waals surface area contributed by atoms with E-state index < -0.39 is 0 Å². The number of aryl methyl sites for hydroxylation is 2. The molecular formula is C13H17N7S. The molecule has 0 aromatic carbocycles. The highest BCUT2D eigenvalue weighted by atomic mass is 32.1. The van der Waals surface area contributed by atoms with Gasteiger partial charge >= 0.3 is 0 Å². The lowest BCUT2D eigenvalue weighted by Crippen LogP contribution is -2.12. The maximum Gasteiger partial charge on any atom is 0.240 e. The van der Waals surface area contributed by atoms with Crippen molar-refractivity contribution in [3.05, 3.63) is 29.2 Å². The van der Waals surface area contributed by atoms with Crippen LogP contribution in [0.15, 0.2) is 18.5 Å². The van der Waals surface area contributed by atoms with Gasteiger partial charge in [0.25, 0.3) is 0 Å². The van der Waals surface area contributed by atoms with E-state index in [9.17, 15) is 0 Å². The predicted octanol–water partition coefficient (Wildman–Crippen LogP) is 1.88. The maximum atomic E-state index is 5.45. The number of thiophene rings is 1. The van der Waals surface area contributed by atoms with Crippen LogP contribution in [0.2, 0.25) is 0 Å². The summed E-state index contributed by atoms with van der Waals surface area (Å²) in [5.41, 5.74) is 2.51. The SMILES string of the molecule is CCc1cc2c(NCc3nccn3C)nc(NN)nc2s1. The number of hydrazine groups is 1. The highest BCUT2D eigenvalue weighted by Gasteiger charge is 2.11. The largest absolute Gasteiger partial charge is 0.362 e. The van der Waals surface area contributed by atoms with Crippen molar-refractivity contribution in [3.8, 4) is 0 Å². The average Bonchev–Trinajstić information content (AvgIpc) is 3.10. The molecule has 4 N–H and O–H groups in total. The number of imidazole rings is 1. The molecule has 0 bridgehead atoms. The molecule has 8 heteroatoms. The third-order valence-electron chi connectivity index (χ3n) is 3.26. The van der Waals surface area contributed by atoms with Crippen LogP contribution >= 0.6 is 11.3 Å². The number of fused-ring (bicyclic) bond motifs is 1. The van der Waals surface area contributed by atoms with Crippen molar-refractivity contribution in [2.75, 3.05) is 10.7 Å². The third kappa shape index (κ3) is 2.67. The molecule has 3 heterocycles. The maximum absolute atomic E-state index is 5.45. The van der Waals surface area contributed by atoms with Crippen LogP contribution in [0.25, 0.3) is 10.2 Å².